The van der Waals surface area contributed by atoms with Gasteiger partial charge < -0.3 is 5.32 Å². The van der Waals surface area contributed by atoms with Gasteiger partial charge in [-0.05, 0) is 13.0 Å². The summed E-state index contributed by atoms with van der Waals surface area (Å²) in [4.78, 5) is 0. The van der Waals surface area contributed by atoms with Gasteiger partial charge in [0.2, 0.25) is 0 Å². The molecule has 1 N–H and O–H groups in total. The second-order valence-corrected chi connectivity index (χ2v) is 2.74. The standard InChI is InChI=1S/C5H10FNS/c6-4-3-7-2-1-5(4)8/h4-5,7-8H,1-3H2/t4-,5-/m0/s1. The molecule has 1 aliphatic heterocycles. The SMILES string of the molecule is F[C@H]1CNCC[C@@H]1S. The van der Waals surface area contributed by atoms with Gasteiger partial charge in [-0.15, -0.1) is 0 Å². The van der Waals surface area contributed by atoms with E-state index in [4.69, 9.17) is 0 Å². The van der Waals surface area contributed by atoms with Gasteiger partial charge >= 0.3 is 0 Å². The van der Waals surface area contributed by atoms with Crippen LogP contribution in [-0.4, -0.2) is 24.5 Å². The fraction of sp³-hybridized carbons (Fsp3) is 1.00. The van der Waals surface area contributed by atoms with E-state index in [9.17, 15) is 4.39 Å². The molecule has 0 aromatic heterocycles. The van der Waals surface area contributed by atoms with Crippen LogP contribution in [0.3, 0.4) is 0 Å². The second-order valence-electron chi connectivity index (χ2n) is 2.08. The van der Waals surface area contributed by atoms with E-state index in [-0.39, 0.29) is 5.25 Å². The Morgan fingerprint density at radius 2 is 2.38 bits per heavy atom. The highest BCUT2D eigenvalue weighted by atomic mass is 32.1. The van der Waals surface area contributed by atoms with Crippen molar-refractivity contribution >= 4 is 12.6 Å². The van der Waals surface area contributed by atoms with E-state index in [1.165, 1.54) is 0 Å². The first-order chi connectivity index (χ1) is 3.80. The fourth-order valence-electron chi connectivity index (χ4n) is 0.807. The van der Waals surface area contributed by atoms with Crippen LogP contribution < -0.4 is 5.32 Å². The molecule has 0 spiro atoms. The maximum atomic E-state index is 12.4. The molecule has 0 aromatic carbocycles. The lowest BCUT2D eigenvalue weighted by atomic mass is 10.1. The van der Waals surface area contributed by atoms with Crippen molar-refractivity contribution in [1.29, 1.82) is 0 Å². The zero-order valence-corrected chi connectivity index (χ0v) is 5.50. The molecule has 0 radical (unpaired) electrons. The van der Waals surface area contributed by atoms with E-state index in [1.807, 2.05) is 0 Å². The summed E-state index contributed by atoms with van der Waals surface area (Å²) in [5.74, 6) is 0. The predicted molar refractivity (Wildman–Crippen MR) is 35.2 cm³/mol. The minimum Gasteiger partial charge on any atom is -0.314 e. The lowest BCUT2D eigenvalue weighted by Crippen LogP contribution is -2.38. The third-order valence-electron chi connectivity index (χ3n) is 1.37. The lowest BCUT2D eigenvalue weighted by Gasteiger charge is -2.21. The van der Waals surface area contributed by atoms with E-state index in [2.05, 4.69) is 17.9 Å². The van der Waals surface area contributed by atoms with Crippen molar-refractivity contribution in [1.82, 2.24) is 5.32 Å². The number of nitrogens with one attached hydrogen (secondary N) is 1. The molecule has 1 saturated heterocycles. The fourth-order valence-corrected chi connectivity index (χ4v) is 1.04. The maximum absolute atomic E-state index is 12.4. The molecule has 0 unspecified atom stereocenters. The average molecular weight is 135 g/mol. The largest absolute Gasteiger partial charge is 0.314 e. The lowest BCUT2D eigenvalue weighted by molar-refractivity contribution is 0.276. The van der Waals surface area contributed by atoms with Crippen LogP contribution >= 0.6 is 12.6 Å². The zero-order valence-electron chi connectivity index (χ0n) is 4.60. The van der Waals surface area contributed by atoms with Gasteiger partial charge in [0.1, 0.15) is 6.17 Å². The number of halogens is 1. The highest BCUT2D eigenvalue weighted by Gasteiger charge is 2.19. The molecule has 48 valence electrons. The van der Waals surface area contributed by atoms with Crippen LogP contribution in [0.15, 0.2) is 0 Å². The van der Waals surface area contributed by atoms with Crippen LogP contribution in [0.4, 0.5) is 4.39 Å². The number of piperidine rings is 1. The third kappa shape index (κ3) is 1.36. The summed E-state index contributed by atoms with van der Waals surface area (Å²) in [6, 6.07) is 0. The van der Waals surface area contributed by atoms with Crippen LogP contribution in [0.25, 0.3) is 0 Å². The Morgan fingerprint density at radius 1 is 1.62 bits per heavy atom. The van der Waals surface area contributed by atoms with Crippen molar-refractivity contribution in [3.8, 4) is 0 Å². The monoisotopic (exact) mass is 135 g/mol. The summed E-state index contributed by atoms with van der Waals surface area (Å²) in [5.41, 5.74) is 0. The smallest absolute Gasteiger partial charge is 0.124 e. The van der Waals surface area contributed by atoms with Crippen molar-refractivity contribution in [3.05, 3.63) is 0 Å². The summed E-state index contributed by atoms with van der Waals surface area (Å²) in [7, 11) is 0. The van der Waals surface area contributed by atoms with Crippen molar-refractivity contribution in [2.45, 2.75) is 17.8 Å². The van der Waals surface area contributed by atoms with E-state index < -0.39 is 6.17 Å². The van der Waals surface area contributed by atoms with Gasteiger partial charge in [0.15, 0.2) is 0 Å². The number of alkyl halides is 1. The van der Waals surface area contributed by atoms with Gasteiger partial charge in [-0.25, -0.2) is 4.39 Å². The third-order valence-corrected chi connectivity index (χ3v) is 1.96. The molecule has 1 aliphatic rings. The molecular formula is C5H10FNS. The van der Waals surface area contributed by atoms with Gasteiger partial charge in [-0.3, -0.25) is 0 Å². The highest BCUT2D eigenvalue weighted by Crippen LogP contribution is 2.12. The minimum atomic E-state index is -0.743. The molecule has 0 aromatic rings. The molecule has 8 heavy (non-hydrogen) atoms. The van der Waals surface area contributed by atoms with Crippen molar-refractivity contribution < 1.29 is 4.39 Å². The molecule has 1 rings (SSSR count). The Bertz CT molecular complexity index is 68.8. The summed E-state index contributed by atoms with van der Waals surface area (Å²) < 4.78 is 12.4. The van der Waals surface area contributed by atoms with Crippen molar-refractivity contribution in [3.63, 3.8) is 0 Å². The van der Waals surface area contributed by atoms with E-state index in [0.29, 0.717) is 6.54 Å². The topological polar surface area (TPSA) is 12.0 Å². The van der Waals surface area contributed by atoms with Gasteiger partial charge in [0, 0.05) is 11.8 Å². The van der Waals surface area contributed by atoms with Crippen LogP contribution in [0, 0.1) is 0 Å². The average Bonchev–Trinajstić information content (AvgIpc) is 1.77. The summed E-state index contributed by atoms with van der Waals surface area (Å²) >= 11 is 4.04. The van der Waals surface area contributed by atoms with Gasteiger partial charge in [0.05, 0.1) is 0 Å². The molecule has 2 atom stereocenters. The Hall–Kier alpha value is 0.240. The first-order valence-corrected chi connectivity index (χ1v) is 3.35. The molecule has 0 amide bonds. The summed E-state index contributed by atoms with van der Waals surface area (Å²) in [6.07, 6.45) is 0.108. The number of hydrogen-bond donors (Lipinski definition) is 2. The minimum absolute atomic E-state index is 0.0313. The van der Waals surface area contributed by atoms with Gasteiger partial charge in [0.25, 0.3) is 0 Å². The number of hydrogen-bond acceptors (Lipinski definition) is 2. The number of thiol groups is 1. The molecule has 3 heteroatoms. The van der Waals surface area contributed by atoms with Crippen molar-refractivity contribution in [2.24, 2.45) is 0 Å². The summed E-state index contributed by atoms with van der Waals surface area (Å²) in [5, 5.41) is 2.91. The zero-order chi connectivity index (χ0) is 5.98. The van der Waals surface area contributed by atoms with E-state index in [1.54, 1.807) is 0 Å². The first kappa shape index (κ1) is 6.36. The van der Waals surface area contributed by atoms with Gasteiger partial charge in [-0.2, -0.15) is 12.6 Å². The molecule has 0 aliphatic carbocycles. The van der Waals surface area contributed by atoms with Crippen LogP contribution in [0.1, 0.15) is 6.42 Å². The Morgan fingerprint density at radius 3 is 2.75 bits per heavy atom. The second kappa shape index (κ2) is 2.69. The predicted octanol–water partition coefficient (Wildman–Crippen LogP) is 0.616. The van der Waals surface area contributed by atoms with E-state index in [0.717, 1.165) is 13.0 Å². The molecule has 1 nitrogen and oxygen atoms in total. The Labute approximate surface area is 54.1 Å². The van der Waals surface area contributed by atoms with E-state index >= 15 is 0 Å². The number of rotatable bonds is 0. The van der Waals surface area contributed by atoms with Crippen LogP contribution in [0.2, 0.25) is 0 Å². The first-order valence-electron chi connectivity index (χ1n) is 2.83. The Balaban J connectivity index is 2.28. The molecular weight excluding hydrogens is 125 g/mol. The normalized spacial score (nSPS) is 39.8. The summed E-state index contributed by atoms with van der Waals surface area (Å²) in [6.45, 7) is 1.39. The molecule has 1 fully saturated rings. The highest BCUT2D eigenvalue weighted by molar-refractivity contribution is 7.81. The van der Waals surface area contributed by atoms with Crippen LogP contribution in [-0.2, 0) is 0 Å². The molecule has 0 bridgehead atoms. The quantitative estimate of drug-likeness (QED) is 0.464. The van der Waals surface area contributed by atoms with Gasteiger partial charge in [-0.1, -0.05) is 0 Å². The van der Waals surface area contributed by atoms with Crippen molar-refractivity contribution in [2.75, 3.05) is 13.1 Å². The molecule has 1 heterocycles. The Kier molecular flexibility index (Phi) is 2.14. The molecule has 0 saturated carbocycles. The van der Waals surface area contributed by atoms with Crippen LogP contribution in [0.5, 0.6) is 0 Å². The maximum Gasteiger partial charge on any atom is 0.124 e.